The second-order valence-corrected chi connectivity index (χ2v) is 7.27. The van der Waals surface area contributed by atoms with Gasteiger partial charge in [-0.15, -0.1) is 0 Å². The lowest BCUT2D eigenvalue weighted by Crippen LogP contribution is -1.96. The van der Waals surface area contributed by atoms with Crippen molar-refractivity contribution >= 4 is 44.0 Å². The Labute approximate surface area is 124 Å². The predicted octanol–water partition coefficient (Wildman–Crippen LogP) is 4.55. The molecule has 0 saturated heterocycles. The van der Waals surface area contributed by atoms with Crippen LogP contribution in [0.5, 0.6) is 0 Å². The lowest BCUT2D eigenvalue weighted by Gasteiger charge is -2.00. The highest BCUT2D eigenvalue weighted by Gasteiger charge is 2.38. The number of hydrogen-bond acceptors (Lipinski definition) is 3. The van der Waals surface area contributed by atoms with E-state index < -0.39 is 9.84 Å². The monoisotopic (exact) mass is 324 g/mol. The average molecular weight is 325 g/mol. The summed E-state index contributed by atoms with van der Waals surface area (Å²) in [5.41, 5.74) is 0.955. The van der Waals surface area contributed by atoms with Crippen molar-refractivity contribution in [1.82, 2.24) is 0 Å². The molecule has 0 N–H and O–H groups in total. The minimum absolute atomic E-state index is 0.196. The normalized spacial score (nSPS) is 15.3. The van der Waals surface area contributed by atoms with Gasteiger partial charge in [0.25, 0.3) is 0 Å². The Morgan fingerprint density at radius 2 is 1.65 bits per heavy atom. The molecule has 3 aromatic rings. The first-order chi connectivity index (χ1) is 9.48. The van der Waals surface area contributed by atoms with E-state index in [2.05, 4.69) is 0 Å². The van der Waals surface area contributed by atoms with Crippen LogP contribution in [-0.2, 0) is 9.84 Å². The molecule has 0 saturated carbocycles. The van der Waals surface area contributed by atoms with Crippen molar-refractivity contribution in [3.05, 3.63) is 46.4 Å². The van der Waals surface area contributed by atoms with Gasteiger partial charge in [0.2, 0.25) is 9.84 Å². The van der Waals surface area contributed by atoms with Crippen LogP contribution in [-0.4, -0.2) is 8.42 Å². The van der Waals surface area contributed by atoms with E-state index >= 15 is 0 Å². The third-order valence-electron chi connectivity index (χ3n) is 3.35. The number of rotatable bonds is 0. The number of sulfone groups is 1. The number of furan rings is 1. The van der Waals surface area contributed by atoms with Crippen LogP contribution in [0.25, 0.3) is 22.3 Å². The van der Waals surface area contributed by atoms with Crippen molar-refractivity contribution in [2.24, 2.45) is 0 Å². The summed E-state index contributed by atoms with van der Waals surface area (Å²) < 4.78 is 30.9. The largest absolute Gasteiger partial charge is 0.455 e. The Morgan fingerprint density at radius 1 is 0.950 bits per heavy atom. The summed E-state index contributed by atoms with van der Waals surface area (Å²) in [7, 11) is -3.57. The third kappa shape index (κ3) is 1.44. The predicted molar refractivity (Wildman–Crippen MR) is 77.1 cm³/mol. The van der Waals surface area contributed by atoms with E-state index in [0.717, 1.165) is 0 Å². The number of benzene rings is 2. The molecule has 2 aromatic carbocycles. The molecule has 1 aliphatic rings. The Morgan fingerprint density at radius 3 is 2.45 bits per heavy atom. The van der Waals surface area contributed by atoms with Gasteiger partial charge in [-0.05, 0) is 30.3 Å². The fraction of sp³-hybridized carbons (Fsp3) is 0. The van der Waals surface area contributed by atoms with Crippen molar-refractivity contribution in [2.75, 3.05) is 0 Å². The second-order valence-electron chi connectivity index (χ2n) is 4.54. The van der Waals surface area contributed by atoms with Gasteiger partial charge in [-0.2, -0.15) is 0 Å². The molecule has 20 heavy (non-hydrogen) atoms. The van der Waals surface area contributed by atoms with Crippen molar-refractivity contribution < 1.29 is 12.8 Å². The first kappa shape index (κ1) is 12.3. The van der Waals surface area contributed by atoms with E-state index in [1.807, 2.05) is 0 Å². The van der Waals surface area contributed by atoms with Crippen LogP contribution in [0.15, 0.2) is 50.6 Å². The molecule has 0 radical (unpaired) electrons. The number of fused-ring (bicyclic) bond motifs is 5. The molecule has 0 bridgehead atoms. The minimum Gasteiger partial charge on any atom is -0.455 e. The Bertz CT molecular complexity index is 987. The van der Waals surface area contributed by atoms with Crippen LogP contribution < -0.4 is 0 Å². The molecule has 1 aliphatic heterocycles. The van der Waals surface area contributed by atoms with Crippen LogP contribution in [0.4, 0.5) is 0 Å². The molecule has 0 aliphatic carbocycles. The third-order valence-corrected chi connectivity index (χ3v) is 5.70. The fourth-order valence-corrected chi connectivity index (χ4v) is 4.61. The van der Waals surface area contributed by atoms with Crippen molar-refractivity contribution in [3.63, 3.8) is 0 Å². The maximum Gasteiger partial charge on any atom is 0.211 e. The molecular weight excluding hydrogens is 319 g/mol. The summed E-state index contributed by atoms with van der Waals surface area (Å²) in [4.78, 5) is 0.425. The summed E-state index contributed by atoms with van der Waals surface area (Å²) in [6, 6.07) is 9.57. The molecule has 0 fully saturated rings. The number of hydrogen-bond donors (Lipinski definition) is 0. The zero-order chi connectivity index (χ0) is 14.1. The van der Waals surface area contributed by atoms with Crippen LogP contribution >= 0.6 is 23.2 Å². The average Bonchev–Trinajstić information content (AvgIpc) is 2.85. The molecule has 100 valence electrons. The Balaban J connectivity index is 2.21. The number of halogens is 2. The molecule has 1 aromatic heterocycles. The highest BCUT2D eigenvalue weighted by atomic mass is 35.5. The van der Waals surface area contributed by atoms with Crippen LogP contribution in [0.3, 0.4) is 0 Å². The minimum atomic E-state index is -3.57. The molecule has 0 spiro atoms. The molecule has 2 heterocycles. The molecule has 0 amide bonds. The quantitative estimate of drug-likeness (QED) is 0.476. The van der Waals surface area contributed by atoms with Gasteiger partial charge < -0.3 is 4.42 Å². The summed E-state index contributed by atoms with van der Waals surface area (Å²) in [5, 5.41) is 1.50. The van der Waals surface area contributed by atoms with Gasteiger partial charge in [0, 0.05) is 27.1 Å². The van der Waals surface area contributed by atoms with Gasteiger partial charge >= 0.3 is 0 Å². The van der Waals surface area contributed by atoms with Gasteiger partial charge in [-0.1, -0.05) is 23.2 Å². The van der Waals surface area contributed by atoms with Gasteiger partial charge in [0.1, 0.15) is 10.5 Å². The fourth-order valence-electron chi connectivity index (χ4n) is 2.51. The highest BCUT2D eigenvalue weighted by molar-refractivity contribution is 7.92. The van der Waals surface area contributed by atoms with E-state index in [4.69, 9.17) is 27.6 Å². The lowest BCUT2D eigenvalue weighted by atomic mass is 10.1. The molecule has 6 heteroatoms. The van der Waals surface area contributed by atoms with E-state index in [9.17, 15) is 8.42 Å². The van der Waals surface area contributed by atoms with Crippen LogP contribution in [0.2, 0.25) is 10.0 Å². The molecule has 0 unspecified atom stereocenters. The van der Waals surface area contributed by atoms with Crippen LogP contribution in [0.1, 0.15) is 0 Å². The van der Waals surface area contributed by atoms with Gasteiger partial charge in [-0.25, -0.2) is 8.42 Å². The van der Waals surface area contributed by atoms with E-state index in [1.165, 1.54) is 6.07 Å². The maximum atomic E-state index is 12.6. The lowest BCUT2D eigenvalue weighted by molar-refractivity contribution is 0.597. The van der Waals surface area contributed by atoms with Gasteiger partial charge in [0.05, 0.1) is 4.90 Å². The summed E-state index contributed by atoms with van der Waals surface area (Å²) in [6.45, 7) is 0. The zero-order valence-electron chi connectivity index (χ0n) is 9.85. The van der Waals surface area contributed by atoms with Crippen molar-refractivity contribution in [2.45, 2.75) is 9.79 Å². The summed E-state index contributed by atoms with van der Waals surface area (Å²) in [6.07, 6.45) is 0. The van der Waals surface area contributed by atoms with Crippen molar-refractivity contribution in [3.8, 4) is 11.3 Å². The van der Waals surface area contributed by atoms with Gasteiger partial charge in [0.15, 0.2) is 5.76 Å². The smallest absolute Gasteiger partial charge is 0.211 e. The van der Waals surface area contributed by atoms with E-state index in [0.29, 0.717) is 32.3 Å². The SMILES string of the molecule is O=S1(=O)c2ccc(Cl)cc2-c2oc3cc(Cl)ccc3c21. The molecule has 4 rings (SSSR count). The molecule has 0 atom stereocenters. The van der Waals surface area contributed by atoms with Crippen LogP contribution in [0, 0.1) is 0 Å². The zero-order valence-corrected chi connectivity index (χ0v) is 12.2. The standard InChI is InChI=1S/C14H6Cl2O3S/c15-7-2-4-12-10(5-7)13-14(20(12,17)18)9-3-1-8(16)6-11(9)19-13/h1-6H. The molecular formula is C14H6Cl2O3S. The Hall–Kier alpha value is -1.49. The van der Waals surface area contributed by atoms with Gasteiger partial charge in [-0.3, -0.25) is 0 Å². The second kappa shape index (κ2) is 3.79. The summed E-state index contributed by atoms with van der Waals surface area (Å²) in [5.74, 6) is 0.333. The first-order valence-electron chi connectivity index (χ1n) is 5.75. The topological polar surface area (TPSA) is 47.3 Å². The summed E-state index contributed by atoms with van der Waals surface area (Å²) >= 11 is 11.9. The first-order valence-corrected chi connectivity index (χ1v) is 7.99. The Kier molecular flexibility index (Phi) is 2.32. The van der Waals surface area contributed by atoms with E-state index in [1.54, 1.807) is 30.3 Å². The van der Waals surface area contributed by atoms with Crippen molar-refractivity contribution in [1.29, 1.82) is 0 Å². The highest BCUT2D eigenvalue weighted by Crippen LogP contribution is 2.49. The van der Waals surface area contributed by atoms with E-state index in [-0.39, 0.29) is 9.79 Å². The maximum absolute atomic E-state index is 12.6. The molecule has 3 nitrogen and oxygen atoms in total.